The molecular formula is C14H19ClN2O2. The monoisotopic (exact) mass is 282 g/mol. The number of halogens is 1. The summed E-state index contributed by atoms with van der Waals surface area (Å²) in [5.41, 5.74) is 1.32. The third-order valence-corrected chi connectivity index (χ3v) is 3.76. The van der Waals surface area contributed by atoms with Crippen molar-refractivity contribution in [1.82, 2.24) is 5.32 Å². The van der Waals surface area contributed by atoms with Gasteiger partial charge in [0.2, 0.25) is 0 Å². The first-order chi connectivity index (χ1) is 9.10. The molecule has 2 rings (SSSR count). The quantitative estimate of drug-likeness (QED) is 0.798. The van der Waals surface area contributed by atoms with Gasteiger partial charge in [0.1, 0.15) is 0 Å². The minimum absolute atomic E-state index is 0.117. The number of carbonyl (C=O) groups excluding carboxylic acids is 1. The summed E-state index contributed by atoms with van der Waals surface area (Å²) >= 11 is 5.94. The lowest BCUT2D eigenvalue weighted by Crippen LogP contribution is -2.38. The average Bonchev–Trinajstić information content (AvgIpc) is 2.41. The molecule has 1 aromatic rings. The van der Waals surface area contributed by atoms with Crippen LogP contribution in [0.4, 0.5) is 5.69 Å². The summed E-state index contributed by atoms with van der Waals surface area (Å²) in [6.07, 6.45) is 2.93. The second-order valence-corrected chi connectivity index (χ2v) is 5.36. The number of hydrogen-bond donors (Lipinski definition) is 3. The normalized spacial score (nSPS) is 22.9. The van der Waals surface area contributed by atoms with Crippen molar-refractivity contribution in [3.63, 3.8) is 0 Å². The number of anilines is 1. The third-order valence-electron chi connectivity index (χ3n) is 3.53. The summed E-state index contributed by atoms with van der Waals surface area (Å²) < 4.78 is 0. The molecule has 1 aliphatic rings. The summed E-state index contributed by atoms with van der Waals surface area (Å²) in [5.74, 6) is -0.117. The molecule has 5 heteroatoms. The van der Waals surface area contributed by atoms with E-state index in [0.717, 1.165) is 31.4 Å². The highest BCUT2D eigenvalue weighted by molar-refractivity contribution is 6.31. The lowest BCUT2D eigenvalue weighted by Gasteiger charge is -2.26. The van der Waals surface area contributed by atoms with Gasteiger partial charge in [-0.1, -0.05) is 11.6 Å². The van der Waals surface area contributed by atoms with Gasteiger partial charge in [-0.25, -0.2) is 0 Å². The number of amides is 1. The molecule has 3 N–H and O–H groups in total. The highest BCUT2D eigenvalue weighted by Gasteiger charge is 2.22. The predicted molar refractivity (Wildman–Crippen MR) is 76.7 cm³/mol. The Balaban J connectivity index is 2.05. The van der Waals surface area contributed by atoms with Gasteiger partial charge in [0, 0.05) is 23.8 Å². The van der Waals surface area contributed by atoms with Crippen LogP contribution >= 0.6 is 11.6 Å². The third kappa shape index (κ3) is 3.61. The van der Waals surface area contributed by atoms with Crippen LogP contribution in [0, 0.1) is 0 Å². The van der Waals surface area contributed by atoms with Gasteiger partial charge in [-0.2, -0.15) is 0 Å². The Hall–Kier alpha value is -1.26. The Morgan fingerprint density at radius 1 is 1.32 bits per heavy atom. The molecule has 0 unspecified atom stereocenters. The first-order valence-corrected chi connectivity index (χ1v) is 6.94. The molecule has 0 saturated heterocycles. The van der Waals surface area contributed by atoms with Crippen LogP contribution in [-0.4, -0.2) is 30.2 Å². The van der Waals surface area contributed by atoms with Gasteiger partial charge in [-0.15, -0.1) is 0 Å². The number of aliphatic hydroxyl groups is 1. The lowest BCUT2D eigenvalue weighted by atomic mass is 9.93. The van der Waals surface area contributed by atoms with E-state index in [1.807, 2.05) is 0 Å². The molecule has 0 heterocycles. The number of rotatable bonds is 3. The fraction of sp³-hybridized carbons (Fsp3) is 0.500. The Morgan fingerprint density at radius 2 is 2.00 bits per heavy atom. The van der Waals surface area contributed by atoms with Crippen LogP contribution in [0.2, 0.25) is 5.02 Å². The van der Waals surface area contributed by atoms with Gasteiger partial charge >= 0.3 is 0 Å². The minimum atomic E-state index is -0.216. The number of carbonyl (C=O) groups is 1. The van der Waals surface area contributed by atoms with Gasteiger partial charge < -0.3 is 15.7 Å². The molecule has 1 fully saturated rings. The number of aliphatic hydroxyl groups excluding tert-OH is 1. The minimum Gasteiger partial charge on any atom is -0.393 e. The van der Waals surface area contributed by atoms with Crippen LogP contribution in [0.3, 0.4) is 0 Å². The Bertz CT molecular complexity index is 457. The van der Waals surface area contributed by atoms with Crippen molar-refractivity contribution < 1.29 is 9.90 Å². The first-order valence-electron chi connectivity index (χ1n) is 6.56. The molecule has 0 spiro atoms. The standard InChI is InChI=1S/C14H19ClN2O2/c1-16-13-7-2-9(15)8-12(13)14(19)17-10-3-5-11(18)6-4-10/h2,7-8,10-11,16,18H,3-6H2,1H3,(H,17,19). The topological polar surface area (TPSA) is 61.4 Å². The molecular weight excluding hydrogens is 264 g/mol. The summed E-state index contributed by atoms with van der Waals surface area (Å²) in [6.45, 7) is 0. The zero-order valence-corrected chi connectivity index (χ0v) is 11.7. The molecule has 0 aliphatic heterocycles. The van der Waals surface area contributed by atoms with Crippen LogP contribution in [0.1, 0.15) is 36.0 Å². The highest BCUT2D eigenvalue weighted by Crippen LogP contribution is 2.22. The zero-order chi connectivity index (χ0) is 13.8. The van der Waals surface area contributed by atoms with Gasteiger partial charge in [-0.05, 0) is 43.9 Å². The Morgan fingerprint density at radius 3 is 2.63 bits per heavy atom. The van der Waals surface area contributed by atoms with Crippen molar-refractivity contribution in [1.29, 1.82) is 0 Å². The fourth-order valence-electron chi connectivity index (χ4n) is 2.41. The molecule has 19 heavy (non-hydrogen) atoms. The maximum Gasteiger partial charge on any atom is 0.253 e. The van der Waals surface area contributed by atoms with E-state index in [9.17, 15) is 9.90 Å². The molecule has 0 radical (unpaired) electrons. The molecule has 0 bridgehead atoms. The van der Waals surface area contributed by atoms with Crippen LogP contribution in [0.15, 0.2) is 18.2 Å². The van der Waals surface area contributed by atoms with E-state index in [4.69, 9.17) is 11.6 Å². The molecule has 1 saturated carbocycles. The van der Waals surface area contributed by atoms with Gasteiger partial charge in [0.15, 0.2) is 0 Å². The lowest BCUT2D eigenvalue weighted by molar-refractivity contribution is 0.0868. The van der Waals surface area contributed by atoms with Gasteiger partial charge in [0.05, 0.1) is 11.7 Å². The fourth-order valence-corrected chi connectivity index (χ4v) is 2.58. The molecule has 1 aliphatic carbocycles. The average molecular weight is 283 g/mol. The van der Waals surface area contributed by atoms with E-state index in [1.165, 1.54) is 0 Å². The van der Waals surface area contributed by atoms with E-state index in [2.05, 4.69) is 10.6 Å². The van der Waals surface area contributed by atoms with Crippen molar-refractivity contribution in [2.24, 2.45) is 0 Å². The molecule has 1 amide bonds. The predicted octanol–water partition coefficient (Wildman–Crippen LogP) is 2.42. The number of benzene rings is 1. The first kappa shape index (κ1) is 14.2. The SMILES string of the molecule is CNc1ccc(Cl)cc1C(=O)NC1CCC(O)CC1. The van der Waals surface area contributed by atoms with Crippen LogP contribution in [0.5, 0.6) is 0 Å². The van der Waals surface area contributed by atoms with Crippen molar-refractivity contribution >= 4 is 23.2 Å². The molecule has 0 atom stereocenters. The van der Waals surface area contributed by atoms with Crippen LogP contribution in [-0.2, 0) is 0 Å². The molecule has 1 aromatic carbocycles. The Labute approximate surface area is 118 Å². The van der Waals surface area contributed by atoms with E-state index in [-0.39, 0.29) is 18.1 Å². The molecule has 0 aromatic heterocycles. The van der Waals surface area contributed by atoms with Crippen molar-refractivity contribution in [2.75, 3.05) is 12.4 Å². The highest BCUT2D eigenvalue weighted by atomic mass is 35.5. The molecule has 4 nitrogen and oxygen atoms in total. The van der Waals surface area contributed by atoms with Crippen molar-refractivity contribution in [2.45, 2.75) is 37.8 Å². The van der Waals surface area contributed by atoms with E-state index in [1.54, 1.807) is 25.2 Å². The number of hydrogen-bond acceptors (Lipinski definition) is 3. The summed E-state index contributed by atoms with van der Waals surface area (Å²) in [4.78, 5) is 12.3. The maximum absolute atomic E-state index is 12.3. The van der Waals surface area contributed by atoms with E-state index in [0.29, 0.717) is 10.6 Å². The van der Waals surface area contributed by atoms with Gasteiger partial charge in [0.25, 0.3) is 5.91 Å². The van der Waals surface area contributed by atoms with Crippen molar-refractivity contribution in [3.8, 4) is 0 Å². The maximum atomic E-state index is 12.3. The smallest absolute Gasteiger partial charge is 0.253 e. The Kier molecular flexibility index (Phi) is 4.66. The zero-order valence-electron chi connectivity index (χ0n) is 10.9. The van der Waals surface area contributed by atoms with E-state index >= 15 is 0 Å². The largest absolute Gasteiger partial charge is 0.393 e. The van der Waals surface area contributed by atoms with Crippen LogP contribution in [0.25, 0.3) is 0 Å². The second kappa shape index (κ2) is 6.26. The summed E-state index contributed by atoms with van der Waals surface area (Å²) in [7, 11) is 1.77. The van der Waals surface area contributed by atoms with Crippen molar-refractivity contribution in [3.05, 3.63) is 28.8 Å². The molecule has 104 valence electrons. The summed E-state index contributed by atoms with van der Waals surface area (Å²) in [6, 6.07) is 5.35. The van der Waals surface area contributed by atoms with Crippen LogP contribution < -0.4 is 10.6 Å². The summed E-state index contributed by atoms with van der Waals surface area (Å²) in [5, 5.41) is 16.0. The number of nitrogens with one attached hydrogen (secondary N) is 2. The second-order valence-electron chi connectivity index (χ2n) is 4.92. The van der Waals surface area contributed by atoms with Gasteiger partial charge in [-0.3, -0.25) is 4.79 Å². The van der Waals surface area contributed by atoms with E-state index < -0.39 is 0 Å².